The van der Waals surface area contributed by atoms with Gasteiger partial charge in [0.05, 0.1) is 6.61 Å². The summed E-state index contributed by atoms with van der Waals surface area (Å²) in [5.74, 6) is -7.48. The van der Waals surface area contributed by atoms with Crippen molar-refractivity contribution in [2.75, 3.05) is 6.61 Å². The molecule has 1 aromatic rings. The van der Waals surface area contributed by atoms with Crippen LogP contribution in [0.4, 0.5) is 13.2 Å². The van der Waals surface area contributed by atoms with Gasteiger partial charge in [0.1, 0.15) is 5.56 Å². The number of halogens is 3. The van der Waals surface area contributed by atoms with Gasteiger partial charge in [-0.3, -0.25) is 0 Å². The first kappa shape index (κ1) is 11.4. The van der Waals surface area contributed by atoms with E-state index in [-0.39, 0.29) is 6.61 Å². The van der Waals surface area contributed by atoms with Crippen LogP contribution in [0.2, 0.25) is 0 Å². The number of aromatic hydroxyl groups is 1. The molecule has 0 aliphatic heterocycles. The highest BCUT2D eigenvalue weighted by Crippen LogP contribution is 2.26. The van der Waals surface area contributed by atoms with Crippen LogP contribution in [0.25, 0.3) is 0 Å². The Bertz CT molecular complexity index is 404. The summed E-state index contributed by atoms with van der Waals surface area (Å²) < 4.78 is 42.8. The largest absolute Gasteiger partial charge is 0.503 e. The van der Waals surface area contributed by atoms with Gasteiger partial charge in [-0.15, -0.1) is 0 Å². The lowest BCUT2D eigenvalue weighted by Crippen LogP contribution is -2.09. The minimum Gasteiger partial charge on any atom is -0.503 e. The highest BCUT2D eigenvalue weighted by Gasteiger charge is 2.22. The van der Waals surface area contributed by atoms with Crippen molar-refractivity contribution in [3.8, 4) is 5.75 Å². The fraction of sp³-hybridized carbons (Fsp3) is 0.222. The molecule has 0 spiro atoms. The Morgan fingerprint density at radius 3 is 2.53 bits per heavy atom. The zero-order valence-corrected chi connectivity index (χ0v) is 7.68. The van der Waals surface area contributed by atoms with Gasteiger partial charge in [0.15, 0.2) is 17.4 Å². The van der Waals surface area contributed by atoms with Crippen molar-refractivity contribution in [3.05, 3.63) is 29.1 Å². The first-order chi connectivity index (χ1) is 6.99. The molecule has 0 bridgehead atoms. The molecule has 3 nitrogen and oxygen atoms in total. The van der Waals surface area contributed by atoms with Crippen LogP contribution < -0.4 is 0 Å². The minimum atomic E-state index is -1.74. The summed E-state index contributed by atoms with van der Waals surface area (Å²) in [6.45, 7) is 1.42. The van der Waals surface area contributed by atoms with Gasteiger partial charge >= 0.3 is 5.97 Å². The maximum absolute atomic E-state index is 13.1. The predicted molar refractivity (Wildman–Crippen MR) is 43.9 cm³/mol. The molecule has 0 fully saturated rings. The molecule has 15 heavy (non-hydrogen) atoms. The van der Waals surface area contributed by atoms with Gasteiger partial charge in [-0.1, -0.05) is 0 Å². The molecule has 0 saturated carbocycles. The van der Waals surface area contributed by atoms with Gasteiger partial charge in [-0.25, -0.2) is 13.6 Å². The van der Waals surface area contributed by atoms with Crippen molar-refractivity contribution in [2.24, 2.45) is 0 Å². The quantitative estimate of drug-likeness (QED) is 0.612. The Labute approximate surface area is 83.1 Å². The Morgan fingerprint density at radius 2 is 2.00 bits per heavy atom. The van der Waals surface area contributed by atoms with Gasteiger partial charge in [0.2, 0.25) is 5.82 Å². The monoisotopic (exact) mass is 220 g/mol. The highest BCUT2D eigenvalue weighted by molar-refractivity contribution is 5.90. The molecule has 0 aliphatic carbocycles. The topological polar surface area (TPSA) is 46.5 Å². The number of ether oxygens (including phenoxy) is 1. The maximum atomic E-state index is 13.1. The average molecular weight is 220 g/mol. The second kappa shape index (κ2) is 4.20. The lowest BCUT2D eigenvalue weighted by atomic mass is 10.2. The van der Waals surface area contributed by atoms with Gasteiger partial charge < -0.3 is 9.84 Å². The van der Waals surface area contributed by atoms with Crippen LogP contribution in [0.1, 0.15) is 17.3 Å². The van der Waals surface area contributed by atoms with E-state index in [1.165, 1.54) is 6.92 Å². The van der Waals surface area contributed by atoms with E-state index in [2.05, 4.69) is 4.74 Å². The van der Waals surface area contributed by atoms with E-state index in [9.17, 15) is 18.0 Å². The summed E-state index contributed by atoms with van der Waals surface area (Å²) in [5.41, 5.74) is -0.840. The molecule has 0 saturated heterocycles. The highest BCUT2D eigenvalue weighted by atomic mass is 19.2. The molecule has 1 rings (SSSR count). The van der Waals surface area contributed by atoms with Crippen LogP contribution >= 0.6 is 0 Å². The molecule has 0 amide bonds. The van der Waals surface area contributed by atoms with Gasteiger partial charge in [0.25, 0.3) is 0 Å². The summed E-state index contributed by atoms with van der Waals surface area (Å²) in [4.78, 5) is 11.0. The van der Waals surface area contributed by atoms with Crippen LogP contribution in [-0.2, 0) is 4.74 Å². The first-order valence-electron chi connectivity index (χ1n) is 4.02. The molecule has 1 aromatic carbocycles. The number of carbonyl (C=O) groups excluding carboxylic acids is 1. The Balaban J connectivity index is 3.26. The molecule has 82 valence electrons. The number of carbonyl (C=O) groups is 1. The number of hydrogen-bond acceptors (Lipinski definition) is 3. The van der Waals surface area contributed by atoms with Crippen LogP contribution in [0.3, 0.4) is 0 Å². The normalized spacial score (nSPS) is 10.1. The molecule has 0 heterocycles. The number of phenolic OH excluding ortho intramolecular Hbond substituents is 1. The van der Waals surface area contributed by atoms with Crippen molar-refractivity contribution in [1.82, 2.24) is 0 Å². The van der Waals surface area contributed by atoms with Crippen LogP contribution in [0.5, 0.6) is 5.75 Å². The van der Waals surface area contributed by atoms with E-state index in [1.54, 1.807) is 0 Å². The van der Waals surface area contributed by atoms with E-state index in [0.29, 0.717) is 6.07 Å². The van der Waals surface area contributed by atoms with Gasteiger partial charge in [0, 0.05) is 0 Å². The first-order valence-corrected chi connectivity index (χ1v) is 4.02. The lowest BCUT2D eigenvalue weighted by molar-refractivity contribution is 0.0519. The summed E-state index contributed by atoms with van der Waals surface area (Å²) >= 11 is 0. The van der Waals surface area contributed by atoms with Crippen LogP contribution in [-0.4, -0.2) is 17.7 Å². The Hall–Kier alpha value is -1.72. The van der Waals surface area contributed by atoms with Crippen LogP contribution in [0.15, 0.2) is 6.07 Å². The molecule has 6 heteroatoms. The molecule has 1 N–H and O–H groups in total. The fourth-order valence-corrected chi connectivity index (χ4v) is 0.948. The van der Waals surface area contributed by atoms with Crippen LogP contribution in [0, 0.1) is 17.5 Å². The number of benzene rings is 1. The van der Waals surface area contributed by atoms with Gasteiger partial charge in [-0.05, 0) is 13.0 Å². The molecule has 0 atom stereocenters. The third-order valence-corrected chi connectivity index (χ3v) is 1.63. The molecule has 0 radical (unpaired) electrons. The number of rotatable bonds is 2. The smallest absolute Gasteiger partial charge is 0.341 e. The standard InChI is InChI=1S/C9H7F3O3/c1-2-15-9(14)4-3-5(10)7(12)8(13)6(4)11/h3,13H,2H2,1H3. The molecular formula is C9H7F3O3. The molecule has 0 aromatic heterocycles. The second-order valence-electron chi connectivity index (χ2n) is 2.60. The van der Waals surface area contributed by atoms with Crippen molar-refractivity contribution in [3.63, 3.8) is 0 Å². The SMILES string of the molecule is CCOC(=O)c1cc(F)c(F)c(O)c1F. The molecule has 0 aliphatic rings. The second-order valence-corrected chi connectivity index (χ2v) is 2.60. The fourth-order valence-electron chi connectivity index (χ4n) is 0.948. The van der Waals surface area contributed by atoms with Crippen molar-refractivity contribution in [2.45, 2.75) is 6.92 Å². The summed E-state index contributed by atoms with van der Waals surface area (Å²) in [6.07, 6.45) is 0. The van der Waals surface area contributed by atoms with E-state index in [4.69, 9.17) is 5.11 Å². The molecular weight excluding hydrogens is 213 g/mol. The third-order valence-electron chi connectivity index (χ3n) is 1.63. The van der Waals surface area contributed by atoms with E-state index < -0.39 is 34.7 Å². The zero-order chi connectivity index (χ0) is 11.6. The van der Waals surface area contributed by atoms with E-state index in [1.807, 2.05) is 0 Å². The van der Waals surface area contributed by atoms with Crippen molar-refractivity contribution in [1.29, 1.82) is 0 Å². The Morgan fingerprint density at radius 1 is 1.40 bits per heavy atom. The Kier molecular flexibility index (Phi) is 3.18. The zero-order valence-electron chi connectivity index (χ0n) is 7.68. The lowest BCUT2D eigenvalue weighted by Gasteiger charge is -2.05. The van der Waals surface area contributed by atoms with Gasteiger partial charge in [-0.2, -0.15) is 4.39 Å². The maximum Gasteiger partial charge on any atom is 0.341 e. The summed E-state index contributed by atoms with van der Waals surface area (Å²) in [7, 11) is 0. The molecule has 0 unspecified atom stereocenters. The number of hydrogen-bond donors (Lipinski definition) is 1. The predicted octanol–water partition coefficient (Wildman–Crippen LogP) is 1.99. The average Bonchev–Trinajstić information content (AvgIpc) is 2.20. The number of phenols is 1. The minimum absolute atomic E-state index is 0.0436. The van der Waals surface area contributed by atoms with Crippen molar-refractivity contribution >= 4 is 5.97 Å². The van der Waals surface area contributed by atoms with Crippen molar-refractivity contribution < 1.29 is 27.8 Å². The van der Waals surface area contributed by atoms with E-state index >= 15 is 0 Å². The van der Waals surface area contributed by atoms with E-state index in [0.717, 1.165) is 0 Å². The number of esters is 1. The third kappa shape index (κ3) is 2.03. The summed E-state index contributed by atoms with van der Waals surface area (Å²) in [5, 5.41) is 8.79. The summed E-state index contributed by atoms with van der Waals surface area (Å²) in [6, 6.07) is 0.336.